The van der Waals surface area contributed by atoms with Crippen LogP contribution in [0.5, 0.6) is 5.75 Å². The third kappa shape index (κ3) is 5.11. The SMILES string of the molecule is COc1cc(N)c(C)cc1C(=O)NC1CCN(CC(C)C(=O)O)CC1OC. The van der Waals surface area contributed by atoms with Crippen LogP contribution in [0.4, 0.5) is 5.69 Å². The van der Waals surface area contributed by atoms with Gasteiger partial charge >= 0.3 is 5.97 Å². The Bertz CT molecular complexity index is 694. The van der Waals surface area contributed by atoms with Gasteiger partial charge in [0, 0.05) is 38.5 Å². The van der Waals surface area contributed by atoms with Crippen LogP contribution in [0.1, 0.15) is 29.3 Å². The highest BCUT2D eigenvalue weighted by Crippen LogP contribution is 2.25. The molecule has 2 rings (SSSR count). The number of aryl methyl sites for hydroxylation is 1. The fourth-order valence-corrected chi connectivity index (χ4v) is 3.31. The number of benzene rings is 1. The first-order valence-corrected chi connectivity index (χ1v) is 8.99. The number of nitrogens with two attached hydrogens (primary N) is 1. The second-order valence-electron chi connectivity index (χ2n) is 7.05. The highest BCUT2D eigenvalue weighted by molar-refractivity contribution is 5.98. The average Bonchev–Trinajstić information content (AvgIpc) is 2.64. The molecule has 1 aliphatic rings. The summed E-state index contributed by atoms with van der Waals surface area (Å²) in [6, 6.07) is 3.20. The van der Waals surface area contributed by atoms with Gasteiger partial charge in [-0.25, -0.2) is 0 Å². The van der Waals surface area contributed by atoms with Crippen molar-refractivity contribution in [1.29, 1.82) is 0 Å². The maximum absolute atomic E-state index is 12.8. The molecule has 8 heteroatoms. The largest absolute Gasteiger partial charge is 0.496 e. The molecule has 1 saturated heterocycles. The second-order valence-corrected chi connectivity index (χ2v) is 7.05. The maximum atomic E-state index is 12.8. The van der Waals surface area contributed by atoms with Gasteiger partial charge < -0.3 is 25.6 Å². The summed E-state index contributed by atoms with van der Waals surface area (Å²) >= 11 is 0. The lowest BCUT2D eigenvalue weighted by atomic mass is 9.99. The van der Waals surface area contributed by atoms with E-state index in [1.165, 1.54) is 7.11 Å². The minimum atomic E-state index is -0.815. The Morgan fingerprint density at radius 1 is 1.41 bits per heavy atom. The molecule has 0 aliphatic carbocycles. The standard InChI is InChI=1S/C19H29N3O5/c1-11-7-13(16(26-3)8-14(11)20)18(23)21-15-5-6-22(10-17(15)27-4)9-12(2)19(24)25/h7-8,12,15,17H,5-6,9-10,20H2,1-4H3,(H,21,23)(H,24,25). The minimum Gasteiger partial charge on any atom is -0.496 e. The predicted molar refractivity (Wildman–Crippen MR) is 102 cm³/mol. The Morgan fingerprint density at radius 3 is 2.70 bits per heavy atom. The number of piperidine rings is 1. The zero-order valence-electron chi connectivity index (χ0n) is 16.3. The van der Waals surface area contributed by atoms with Gasteiger partial charge in [-0.3, -0.25) is 14.5 Å². The van der Waals surface area contributed by atoms with Crippen LogP contribution in [0.15, 0.2) is 12.1 Å². The van der Waals surface area contributed by atoms with Crippen LogP contribution >= 0.6 is 0 Å². The van der Waals surface area contributed by atoms with Crippen molar-refractivity contribution in [3.05, 3.63) is 23.3 Å². The highest BCUT2D eigenvalue weighted by Gasteiger charge is 2.32. The number of methoxy groups -OCH3 is 2. The van der Waals surface area contributed by atoms with Gasteiger partial charge in [0.1, 0.15) is 5.75 Å². The monoisotopic (exact) mass is 379 g/mol. The summed E-state index contributed by atoms with van der Waals surface area (Å²) in [6.45, 7) is 5.25. The minimum absolute atomic E-state index is 0.165. The Hall–Kier alpha value is -2.32. The Kier molecular flexibility index (Phi) is 7.04. The molecule has 3 atom stereocenters. The molecule has 27 heavy (non-hydrogen) atoms. The van der Waals surface area contributed by atoms with Crippen LogP contribution in [0, 0.1) is 12.8 Å². The van der Waals surface area contributed by atoms with Crippen molar-refractivity contribution >= 4 is 17.6 Å². The van der Waals surface area contributed by atoms with Gasteiger partial charge in [0.25, 0.3) is 5.91 Å². The first-order valence-electron chi connectivity index (χ1n) is 8.99. The predicted octanol–water partition coefficient (Wildman–Crippen LogP) is 1.13. The summed E-state index contributed by atoms with van der Waals surface area (Å²) in [7, 11) is 3.10. The van der Waals surface area contributed by atoms with E-state index in [-0.39, 0.29) is 18.1 Å². The molecule has 0 aromatic heterocycles. The van der Waals surface area contributed by atoms with E-state index < -0.39 is 11.9 Å². The van der Waals surface area contributed by atoms with Gasteiger partial charge in [0.2, 0.25) is 0 Å². The molecule has 3 unspecified atom stereocenters. The molecular formula is C19H29N3O5. The number of amides is 1. The lowest BCUT2D eigenvalue weighted by molar-refractivity contribution is -0.142. The van der Waals surface area contributed by atoms with Crippen LogP contribution in [0.2, 0.25) is 0 Å². The molecule has 1 aliphatic heterocycles. The average molecular weight is 379 g/mol. The van der Waals surface area contributed by atoms with Gasteiger partial charge in [-0.2, -0.15) is 0 Å². The fraction of sp³-hybridized carbons (Fsp3) is 0.579. The number of nitrogen functional groups attached to an aromatic ring is 1. The number of hydrogen-bond donors (Lipinski definition) is 3. The third-order valence-corrected chi connectivity index (χ3v) is 5.05. The third-order valence-electron chi connectivity index (χ3n) is 5.05. The molecular weight excluding hydrogens is 350 g/mol. The number of aliphatic carboxylic acids is 1. The number of nitrogens with zero attached hydrogens (tertiary/aromatic N) is 1. The zero-order valence-corrected chi connectivity index (χ0v) is 16.3. The summed E-state index contributed by atoms with van der Waals surface area (Å²) < 4.78 is 10.8. The van der Waals surface area contributed by atoms with Crippen molar-refractivity contribution in [1.82, 2.24) is 10.2 Å². The number of carboxylic acid groups (broad SMARTS) is 1. The number of carboxylic acids is 1. The lowest BCUT2D eigenvalue weighted by Crippen LogP contribution is -2.55. The van der Waals surface area contributed by atoms with Gasteiger partial charge in [-0.05, 0) is 25.0 Å². The summed E-state index contributed by atoms with van der Waals surface area (Å²) in [4.78, 5) is 25.9. The molecule has 8 nitrogen and oxygen atoms in total. The first kappa shape index (κ1) is 21.0. The topological polar surface area (TPSA) is 114 Å². The van der Waals surface area contributed by atoms with E-state index in [0.717, 1.165) is 5.56 Å². The van der Waals surface area contributed by atoms with Crippen LogP contribution in [-0.2, 0) is 9.53 Å². The summed E-state index contributed by atoms with van der Waals surface area (Å²) in [5.41, 5.74) is 7.70. The maximum Gasteiger partial charge on any atom is 0.307 e. The quantitative estimate of drug-likeness (QED) is 0.608. The highest BCUT2D eigenvalue weighted by atomic mass is 16.5. The second kappa shape index (κ2) is 9.05. The Labute approximate surface area is 159 Å². The van der Waals surface area contributed by atoms with E-state index in [9.17, 15) is 9.59 Å². The number of nitrogens with one attached hydrogen (secondary N) is 1. The fourth-order valence-electron chi connectivity index (χ4n) is 3.31. The molecule has 0 bridgehead atoms. The number of rotatable bonds is 7. The zero-order chi connectivity index (χ0) is 20.1. The van der Waals surface area contributed by atoms with Crippen molar-refractivity contribution in [2.45, 2.75) is 32.4 Å². The Balaban J connectivity index is 2.06. The molecule has 1 fully saturated rings. The van der Waals surface area contributed by atoms with E-state index in [1.807, 2.05) is 6.92 Å². The summed E-state index contributed by atoms with van der Waals surface area (Å²) in [5.74, 6) is -1.08. The van der Waals surface area contributed by atoms with Crippen molar-refractivity contribution in [3.8, 4) is 5.75 Å². The van der Waals surface area contributed by atoms with Crippen LogP contribution in [0.25, 0.3) is 0 Å². The molecule has 0 radical (unpaired) electrons. The summed E-state index contributed by atoms with van der Waals surface area (Å²) in [6.07, 6.45) is 0.455. The van der Waals surface area contributed by atoms with E-state index in [1.54, 1.807) is 26.2 Å². The normalized spacial score (nSPS) is 21.5. The number of ether oxygens (including phenoxy) is 2. The number of carbonyl (C=O) groups is 2. The molecule has 1 heterocycles. The molecule has 1 amide bonds. The van der Waals surface area contributed by atoms with Crippen molar-refractivity contribution < 1.29 is 24.2 Å². The van der Waals surface area contributed by atoms with E-state index in [0.29, 0.717) is 43.1 Å². The van der Waals surface area contributed by atoms with E-state index in [2.05, 4.69) is 10.2 Å². The molecule has 4 N–H and O–H groups in total. The van der Waals surface area contributed by atoms with Gasteiger partial charge in [0.15, 0.2) is 0 Å². The van der Waals surface area contributed by atoms with Crippen molar-refractivity contribution in [3.63, 3.8) is 0 Å². The smallest absolute Gasteiger partial charge is 0.307 e. The van der Waals surface area contributed by atoms with Gasteiger partial charge in [-0.1, -0.05) is 6.92 Å². The van der Waals surface area contributed by atoms with Gasteiger partial charge in [-0.15, -0.1) is 0 Å². The lowest BCUT2D eigenvalue weighted by Gasteiger charge is -2.38. The molecule has 0 saturated carbocycles. The number of anilines is 1. The first-order chi connectivity index (χ1) is 12.8. The Morgan fingerprint density at radius 2 is 2.11 bits per heavy atom. The molecule has 1 aromatic rings. The van der Waals surface area contributed by atoms with Crippen molar-refractivity contribution in [2.75, 3.05) is 39.6 Å². The number of hydrogen-bond acceptors (Lipinski definition) is 6. The molecule has 150 valence electrons. The van der Waals surface area contributed by atoms with Gasteiger partial charge in [0.05, 0.1) is 30.7 Å². The van der Waals surface area contributed by atoms with Crippen LogP contribution < -0.4 is 15.8 Å². The summed E-state index contributed by atoms with van der Waals surface area (Å²) in [5, 5.41) is 12.1. The van der Waals surface area contributed by atoms with Crippen molar-refractivity contribution in [2.24, 2.45) is 5.92 Å². The van der Waals surface area contributed by atoms with Crippen LogP contribution in [0.3, 0.4) is 0 Å². The molecule has 0 spiro atoms. The van der Waals surface area contributed by atoms with E-state index in [4.69, 9.17) is 20.3 Å². The van der Waals surface area contributed by atoms with E-state index >= 15 is 0 Å². The molecule has 1 aromatic carbocycles. The number of carbonyl (C=O) groups excluding carboxylic acids is 1. The number of likely N-dealkylation sites (tertiary alicyclic amines) is 1. The van der Waals surface area contributed by atoms with Crippen LogP contribution in [-0.4, -0.2) is 67.9 Å².